The third-order valence-corrected chi connectivity index (χ3v) is 6.60. The van der Waals surface area contributed by atoms with Gasteiger partial charge in [-0.25, -0.2) is 8.42 Å². The van der Waals surface area contributed by atoms with Crippen LogP contribution >= 0.6 is 0 Å². The number of carboxylic acids is 1. The number of nitrogens with zero attached hydrogens (tertiary/aromatic N) is 1. The molecule has 1 atom stereocenters. The normalized spacial score (nSPS) is 16.6. The number of fused-ring (bicyclic) bond motifs is 1. The van der Waals surface area contributed by atoms with Crippen molar-refractivity contribution in [3.8, 4) is 5.75 Å². The zero-order valence-corrected chi connectivity index (χ0v) is 16.1. The van der Waals surface area contributed by atoms with Crippen LogP contribution in [0, 0.1) is 0 Å². The zero-order valence-electron chi connectivity index (χ0n) is 15.3. The maximum Gasteiger partial charge on any atom is 0.416 e. The summed E-state index contributed by atoms with van der Waals surface area (Å²) in [5.74, 6) is -0.878. The molecule has 10 heteroatoms. The lowest BCUT2D eigenvalue weighted by molar-refractivity contribution is -0.138. The number of carboxylic acid groups (broad SMARTS) is 1. The number of benzene rings is 2. The standard InChI is InChI=1S/C19H18F3NO5S/c1-28-14-5-8-17-16(10-14)12(2-9-18(24)25)11-23(17)29(26,27)15-6-3-13(4-7-15)19(20,21)22/h3-8,10,12H,2,9,11H2,1H3,(H,24,25). The molecule has 0 saturated heterocycles. The van der Waals surface area contributed by atoms with Gasteiger partial charge in [-0.1, -0.05) is 0 Å². The number of anilines is 1. The first kappa shape index (κ1) is 21.0. The van der Waals surface area contributed by atoms with E-state index in [0.29, 0.717) is 17.0 Å². The minimum atomic E-state index is -4.57. The number of carbonyl (C=O) groups is 1. The Hall–Kier alpha value is -2.75. The molecule has 1 heterocycles. The van der Waals surface area contributed by atoms with Crippen molar-refractivity contribution >= 4 is 21.7 Å². The average Bonchev–Trinajstić information content (AvgIpc) is 3.04. The Morgan fingerprint density at radius 1 is 1.21 bits per heavy atom. The van der Waals surface area contributed by atoms with Crippen LogP contribution in [0.4, 0.5) is 18.9 Å². The van der Waals surface area contributed by atoms with Crippen molar-refractivity contribution in [3.05, 3.63) is 53.6 Å². The van der Waals surface area contributed by atoms with E-state index in [2.05, 4.69) is 0 Å². The number of aliphatic carboxylic acids is 1. The number of rotatable bonds is 6. The van der Waals surface area contributed by atoms with Gasteiger partial charge in [0.15, 0.2) is 0 Å². The maximum absolute atomic E-state index is 13.1. The van der Waals surface area contributed by atoms with E-state index in [4.69, 9.17) is 9.84 Å². The number of hydrogen-bond donors (Lipinski definition) is 1. The highest BCUT2D eigenvalue weighted by Crippen LogP contribution is 2.43. The van der Waals surface area contributed by atoms with Gasteiger partial charge in [-0.3, -0.25) is 9.10 Å². The van der Waals surface area contributed by atoms with E-state index in [9.17, 15) is 26.4 Å². The van der Waals surface area contributed by atoms with Crippen LogP contribution in [0.1, 0.15) is 29.9 Å². The number of alkyl halides is 3. The van der Waals surface area contributed by atoms with Gasteiger partial charge in [-0.05, 0) is 54.4 Å². The van der Waals surface area contributed by atoms with Crippen LogP contribution < -0.4 is 9.04 Å². The summed E-state index contributed by atoms with van der Waals surface area (Å²) in [5, 5.41) is 8.97. The molecule has 156 valence electrons. The van der Waals surface area contributed by atoms with Gasteiger partial charge in [0.05, 0.1) is 23.3 Å². The van der Waals surface area contributed by atoms with E-state index in [1.807, 2.05) is 0 Å². The van der Waals surface area contributed by atoms with Crippen LogP contribution in [0.15, 0.2) is 47.4 Å². The molecule has 1 aliphatic heterocycles. The second-order valence-corrected chi connectivity index (χ2v) is 8.47. The van der Waals surface area contributed by atoms with Crippen molar-refractivity contribution < 1.29 is 36.2 Å². The van der Waals surface area contributed by atoms with Crippen LogP contribution in [-0.2, 0) is 21.0 Å². The summed E-state index contributed by atoms with van der Waals surface area (Å²) in [5.41, 5.74) is 0.0458. The van der Waals surface area contributed by atoms with E-state index >= 15 is 0 Å². The van der Waals surface area contributed by atoms with E-state index in [0.717, 1.165) is 28.6 Å². The zero-order chi connectivity index (χ0) is 21.4. The lowest BCUT2D eigenvalue weighted by Crippen LogP contribution is -2.30. The number of ether oxygens (including phenoxy) is 1. The Bertz CT molecular complexity index is 1020. The molecule has 2 aromatic carbocycles. The summed E-state index contributed by atoms with van der Waals surface area (Å²) in [4.78, 5) is 10.7. The van der Waals surface area contributed by atoms with Crippen molar-refractivity contribution in [1.29, 1.82) is 0 Å². The molecule has 6 nitrogen and oxygen atoms in total. The van der Waals surface area contributed by atoms with Gasteiger partial charge in [0.25, 0.3) is 10.0 Å². The summed E-state index contributed by atoms with van der Waals surface area (Å²) in [6.07, 6.45) is -4.50. The highest BCUT2D eigenvalue weighted by Gasteiger charge is 2.37. The fraction of sp³-hybridized carbons (Fsp3) is 0.316. The Balaban J connectivity index is 1.98. The van der Waals surface area contributed by atoms with Crippen molar-refractivity contribution in [3.63, 3.8) is 0 Å². The van der Waals surface area contributed by atoms with Gasteiger partial charge in [0.2, 0.25) is 0 Å². The molecular formula is C19H18F3NO5S. The number of halogens is 3. The first-order chi connectivity index (χ1) is 13.5. The minimum absolute atomic E-state index is 0.000857. The number of methoxy groups -OCH3 is 1. The first-order valence-corrected chi connectivity index (χ1v) is 10.1. The highest BCUT2D eigenvalue weighted by atomic mass is 32.2. The second-order valence-electron chi connectivity index (χ2n) is 6.61. The molecule has 0 aliphatic carbocycles. The van der Waals surface area contributed by atoms with Crippen molar-refractivity contribution in [1.82, 2.24) is 0 Å². The predicted molar refractivity (Wildman–Crippen MR) is 98.6 cm³/mol. The van der Waals surface area contributed by atoms with E-state index < -0.39 is 27.7 Å². The number of hydrogen-bond acceptors (Lipinski definition) is 4. The molecule has 0 spiro atoms. The molecule has 0 amide bonds. The Labute approximate surface area is 165 Å². The van der Waals surface area contributed by atoms with Gasteiger partial charge in [-0.15, -0.1) is 0 Å². The first-order valence-electron chi connectivity index (χ1n) is 8.64. The van der Waals surface area contributed by atoms with E-state index in [1.165, 1.54) is 7.11 Å². The summed E-state index contributed by atoms with van der Waals surface area (Å²) >= 11 is 0. The van der Waals surface area contributed by atoms with Crippen molar-refractivity contribution in [2.75, 3.05) is 18.0 Å². The van der Waals surface area contributed by atoms with Crippen LogP contribution in [0.2, 0.25) is 0 Å². The second kappa shape index (κ2) is 7.58. The van der Waals surface area contributed by atoms with Crippen molar-refractivity contribution in [2.45, 2.75) is 29.8 Å². The topological polar surface area (TPSA) is 83.9 Å². The van der Waals surface area contributed by atoms with Crippen LogP contribution in [-0.4, -0.2) is 33.1 Å². The molecule has 3 rings (SSSR count). The molecule has 1 aliphatic rings. The van der Waals surface area contributed by atoms with Gasteiger partial charge in [0.1, 0.15) is 5.75 Å². The summed E-state index contributed by atoms with van der Waals surface area (Å²) in [6.45, 7) is -0.000857. The molecule has 0 aromatic heterocycles. The van der Waals surface area contributed by atoms with E-state index in [1.54, 1.807) is 18.2 Å². The predicted octanol–water partition coefficient (Wildman–Crippen LogP) is 3.87. The third-order valence-electron chi connectivity index (χ3n) is 4.81. The van der Waals surface area contributed by atoms with Crippen LogP contribution in [0.25, 0.3) is 0 Å². The smallest absolute Gasteiger partial charge is 0.416 e. The largest absolute Gasteiger partial charge is 0.497 e. The van der Waals surface area contributed by atoms with Gasteiger partial charge in [0, 0.05) is 18.9 Å². The summed E-state index contributed by atoms with van der Waals surface area (Å²) in [6, 6.07) is 8.08. The summed E-state index contributed by atoms with van der Waals surface area (Å²) < 4.78 is 70.8. The Morgan fingerprint density at radius 3 is 2.41 bits per heavy atom. The average molecular weight is 429 g/mol. The minimum Gasteiger partial charge on any atom is -0.497 e. The van der Waals surface area contributed by atoms with Gasteiger partial charge in [-0.2, -0.15) is 13.2 Å². The summed E-state index contributed by atoms with van der Waals surface area (Å²) in [7, 11) is -2.67. The molecular weight excluding hydrogens is 411 g/mol. The maximum atomic E-state index is 13.1. The van der Waals surface area contributed by atoms with Crippen LogP contribution in [0.3, 0.4) is 0 Å². The Kier molecular flexibility index (Phi) is 5.48. The van der Waals surface area contributed by atoms with E-state index in [-0.39, 0.29) is 30.2 Å². The quantitative estimate of drug-likeness (QED) is 0.754. The Morgan fingerprint density at radius 2 is 1.86 bits per heavy atom. The molecule has 0 saturated carbocycles. The molecule has 0 radical (unpaired) electrons. The number of sulfonamides is 1. The SMILES string of the molecule is COc1ccc2c(c1)C(CCC(=O)O)CN2S(=O)(=O)c1ccc(C(F)(F)F)cc1. The molecule has 1 N–H and O–H groups in total. The molecule has 1 unspecified atom stereocenters. The fourth-order valence-corrected chi connectivity index (χ4v) is 4.86. The molecule has 29 heavy (non-hydrogen) atoms. The molecule has 2 aromatic rings. The van der Waals surface area contributed by atoms with Gasteiger partial charge >= 0.3 is 12.1 Å². The van der Waals surface area contributed by atoms with Gasteiger partial charge < -0.3 is 9.84 Å². The molecule has 0 fully saturated rings. The fourth-order valence-electron chi connectivity index (χ4n) is 3.33. The monoisotopic (exact) mass is 429 g/mol. The highest BCUT2D eigenvalue weighted by molar-refractivity contribution is 7.92. The molecule has 0 bridgehead atoms. The van der Waals surface area contributed by atoms with Crippen LogP contribution in [0.5, 0.6) is 5.75 Å². The third kappa shape index (κ3) is 4.16. The lowest BCUT2D eigenvalue weighted by atomic mass is 9.96. The lowest BCUT2D eigenvalue weighted by Gasteiger charge is -2.20. The van der Waals surface area contributed by atoms with Crippen molar-refractivity contribution in [2.24, 2.45) is 0 Å².